The number of hydrogen-bond donors (Lipinski definition) is 1. The minimum Gasteiger partial charge on any atom is -0.388 e. The third-order valence-electron chi connectivity index (χ3n) is 1.67. The first-order chi connectivity index (χ1) is 6.18. The lowest BCUT2D eigenvalue weighted by Gasteiger charge is -1.98. The van der Waals surface area contributed by atoms with E-state index in [1.54, 1.807) is 0 Å². The lowest BCUT2D eigenvalue weighted by atomic mass is 10.2. The number of nitrogens with zero attached hydrogens (tertiary/aromatic N) is 1. The zero-order chi connectivity index (χ0) is 9.68. The number of nitrogens with two attached hydrogens (primary N) is 1. The standard InChI is InChI=1S/C10H13BrN2/c1-8(12)13-7-6-9-2-4-10(11)5-3-9/h2-5H,6-7H2,1H3,(H2,12,13)/i11-4. The summed E-state index contributed by atoms with van der Waals surface area (Å²) in [5, 5.41) is 0. The van der Waals surface area contributed by atoms with Gasteiger partial charge in [0.25, 0.3) is 0 Å². The van der Waals surface area contributed by atoms with E-state index in [0.29, 0.717) is 5.84 Å². The molecule has 0 aliphatic carbocycles. The maximum Gasteiger partial charge on any atom is 0.0905 e. The molecule has 0 amide bonds. The van der Waals surface area contributed by atoms with Crippen LogP contribution in [0.15, 0.2) is 33.7 Å². The van der Waals surface area contributed by atoms with Gasteiger partial charge in [-0.25, -0.2) is 0 Å². The number of halogens is 1. The fourth-order valence-corrected chi connectivity index (χ4v) is 1.28. The fourth-order valence-electron chi connectivity index (χ4n) is 1.01. The van der Waals surface area contributed by atoms with Crippen molar-refractivity contribution in [3.63, 3.8) is 0 Å². The van der Waals surface area contributed by atoms with E-state index < -0.39 is 0 Å². The summed E-state index contributed by atoms with van der Waals surface area (Å²) in [6, 6.07) is 8.25. The van der Waals surface area contributed by atoms with Crippen LogP contribution in [0.1, 0.15) is 12.5 Å². The van der Waals surface area contributed by atoms with Gasteiger partial charge in [0.15, 0.2) is 0 Å². The van der Waals surface area contributed by atoms with Gasteiger partial charge in [-0.1, -0.05) is 28.1 Å². The Kier molecular flexibility index (Phi) is 3.96. The van der Waals surface area contributed by atoms with E-state index in [0.717, 1.165) is 17.4 Å². The second-order valence-electron chi connectivity index (χ2n) is 2.90. The first-order valence-corrected chi connectivity index (χ1v) is 4.99. The molecule has 0 aromatic heterocycles. The molecule has 1 rings (SSSR count). The van der Waals surface area contributed by atoms with Crippen molar-refractivity contribution in [3.8, 4) is 0 Å². The molecule has 0 bridgehead atoms. The Hall–Kier alpha value is -0.830. The summed E-state index contributed by atoms with van der Waals surface area (Å²) in [5.41, 5.74) is 6.71. The molecule has 0 unspecified atom stereocenters. The summed E-state index contributed by atoms with van der Waals surface area (Å²) in [5.74, 6) is 0.650. The summed E-state index contributed by atoms with van der Waals surface area (Å²) in [6.45, 7) is 2.57. The Morgan fingerprint density at radius 2 is 2.00 bits per heavy atom. The normalized spacial score (nSPS) is 11.7. The van der Waals surface area contributed by atoms with Crippen molar-refractivity contribution in [2.75, 3.05) is 6.54 Å². The molecule has 0 aliphatic rings. The predicted molar refractivity (Wildman–Crippen MR) is 60.0 cm³/mol. The molecular weight excluding hydrogens is 224 g/mol. The van der Waals surface area contributed by atoms with Gasteiger partial charge in [0.2, 0.25) is 0 Å². The number of aliphatic imine (C=N–C) groups is 1. The van der Waals surface area contributed by atoms with E-state index in [1.165, 1.54) is 5.56 Å². The Morgan fingerprint density at radius 1 is 1.38 bits per heavy atom. The van der Waals surface area contributed by atoms with Crippen LogP contribution in [0.5, 0.6) is 0 Å². The summed E-state index contributed by atoms with van der Waals surface area (Å²) < 4.78 is 1.11. The van der Waals surface area contributed by atoms with Gasteiger partial charge in [-0.05, 0) is 31.0 Å². The van der Waals surface area contributed by atoms with Crippen LogP contribution >= 0.6 is 15.9 Å². The second kappa shape index (κ2) is 5.02. The topological polar surface area (TPSA) is 38.4 Å². The van der Waals surface area contributed by atoms with Gasteiger partial charge in [0.05, 0.1) is 5.84 Å². The molecule has 0 radical (unpaired) electrons. The molecule has 1 aromatic rings. The Labute approximate surface area is 87.0 Å². The third kappa shape index (κ3) is 4.08. The van der Waals surface area contributed by atoms with Crippen LogP contribution in [0, 0.1) is 0 Å². The van der Waals surface area contributed by atoms with Gasteiger partial charge >= 0.3 is 0 Å². The minimum absolute atomic E-state index is 0.650. The summed E-state index contributed by atoms with van der Waals surface area (Å²) in [6.07, 6.45) is 0.946. The first-order valence-electron chi connectivity index (χ1n) is 4.19. The number of benzene rings is 1. The van der Waals surface area contributed by atoms with Gasteiger partial charge in [0, 0.05) is 11.0 Å². The van der Waals surface area contributed by atoms with E-state index in [-0.39, 0.29) is 0 Å². The molecule has 70 valence electrons. The molecule has 3 heteroatoms. The molecule has 0 fully saturated rings. The van der Waals surface area contributed by atoms with Gasteiger partial charge < -0.3 is 5.73 Å². The molecule has 0 saturated heterocycles. The highest BCUT2D eigenvalue weighted by atomic mass is 75.9. The molecule has 0 heterocycles. The zero-order valence-corrected chi connectivity index (χ0v) is 9.21. The number of amidine groups is 1. The average Bonchev–Trinajstić information content (AvgIpc) is 2.08. The first kappa shape index (κ1) is 10.3. The lowest BCUT2D eigenvalue weighted by Crippen LogP contribution is -2.06. The highest BCUT2D eigenvalue weighted by molar-refractivity contribution is 9.10. The molecule has 1 aromatic carbocycles. The van der Waals surface area contributed by atoms with E-state index >= 15 is 0 Å². The van der Waals surface area contributed by atoms with Crippen LogP contribution in [0.2, 0.25) is 0 Å². The van der Waals surface area contributed by atoms with Crippen LogP contribution in [0.3, 0.4) is 0 Å². The number of rotatable bonds is 3. The Bertz CT molecular complexity index is 286. The maximum absolute atomic E-state index is 5.42. The molecule has 2 N–H and O–H groups in total. The van der Waals surface area contributed by atoms with Gasteiger partial charge in [-0.2, -0.15) is 0 Å². The smallest absolute Gasteiger partial charge is 0.0905 e. The maximum atomic E-state index is 5.42. The summed E-state index contributed by atoms with van der Waals surface area (Å²) in [7, 11) is 0. The molecule has 0 aliphatic heterocycles. The van der Waals surface area contributed by atoms with E-state index in [1.807, 2.05) is 19.1 Å². The van der Waals surface area contributed by atoms with Crippen LogP contribution in [-0.4, -0.2) is 12.4 Å². The third-order valence-corrected chi connectivity index (χ3v) is 2.20. The van der Waals surface area contributed by atoms with E-state index in [9.17, 15) is 0 Å². The predicted octanol–water partition coefficient (Wildman–Crippen LogP) is 2.37. The van der Waals surface area contributed by atoms with E-state index in [4.69, 9.17) is 5.73 Å². The molecule has 0 saturated carbocycles. The SMILES string of the molecule is CC(N)=NCCc1ccc([76Br])cc1. The molecule has 0 atom stereocenters. The van der Waals surface area contributed by atoms with Crippen molar-refractivity contribution in [2.45, 2.75) is 13.3 Å². The Morgan fingerprint density at radius 3 is 2.54 bits per heavy atom. The van der Waals surface area contributed by atoms with Gasteiger partial charge in [-0.3, -0.25) is 4.99 Å². The monoisotopic (exact) mass is 237 g/mol. The molecule has 13 heavy (non-hydrogen) atoms. The summed E-state index contributed by atoms with van der Waals surface area (Å²) in [4.78, 5) is 4.13. The minimum atomic E-state index is 0.650. The van der Waals surface area contributed by atoms with Crippen molar-refractivity contribution >= 4 is 21.8 Å². The van der Waals surface area contributed by atoms with Crippen molar-refractivity contribution in [1.29, 1.82) is 0 Å². The van der Waals surface area contributed by atoms with Crippen LogP contribution < -0.4 is 5.73 Å². The lowest BCUT2D eigenvalue weighted by molar-refractivity contribution is 0.964. The molecule has 0 spiro atoms. The average molecular weight is 237 g/mol. The molecule has 2 nitrogen and oxygen atoms in total. The molecular formula is C10H13BrN2. The highest BCUT2D eigenvalue weighted by Gasteiger charge is 1.91. The van der Waals surface area contributed by atoms with Gasteiger partial charge in [0.1, 0.15) is 0 Å². The largest absolute Gasteiger partial charge is 0.388 e. The summed E-state index contributed by atoms with van der Waals surface area (Å²) >= 11 is 3.39. The second-order valence-corrected chi connectivity index (χ2v) is 3.82. The van der Waals surface area contributed by atoms with Crippen molar-refractivity contribution in [3.05, 3.63) is 34.3 Å². The Balaban J connectivity index is 2.46. The van der Waals surface area contributed by atoms with Crippen molar-refractivity contribution in [1.82, 2.24) is 0 Å². The van der Waals surface area contributed by atoms with Crippen LogP contribution in [-0.2, 0) is 6.42 Å². The fraction of sp³-hybridized carbons (Fsp3) is 0.300. The quantitative estimate of drug-likeness (QED) is 0.636. The van der Waals surface area contributed by atoms with Gasteiger partial charge in [-0.15, -0.1) is 0 Å². The van der Waals surface area contributed by atoms with Crippen LogP contribution in [0.4, 0.5) is 0 Å². The number of hydrogen-bond acceptors (Lipinski definition) is 1. The van der Waals surface area contributed by atoms with Crippen LogP contribution in [0.25, 0.3) is 0 Å². The van der Waals surface area contributed by atoms with Crippen molar-refractivity contribution in [2.24, 2.45) is 10.7 Å². The highest BCUT2D eigenvalue weighted by Crippen LogP contribution is 2.10. The zero-order valence-electron chi connectivity index (χ0n) is 7.63. The van der Waals surface area contributed by atoms with E-state index in [2.05, 4.69) is 33.1 Å². The van der Waals surface area contributed by atoms with Crippen molar-refractivity contribution < 1.29 is 0 Å².